The van der Waals surface area contributed by atoms with Gasteiger partial charge in [-0.2, -0.15) is 0 Å². The Labute approximate surface area is 102 Å². The maximum atomic E-state index is 11.8. The van der Waals surface area contributed by atoms with Crippen LogP contribution in [0.3, 0.4) is 0 Å². The summed E-state index contributed by atoms with van der Waals surface area (Å²) in [5.74, 6) is 0.0888. The topological polar surface area (TPSA) is 40.5 Å². The number of benzene rings is 1. The number of likely N-dealkylation sites (tertiary alicyclic amines) is 1. The molecule has 17 heavy (non-hydrogen) atoms. The van der Waals surface area contributed by atoms with Gasteiger partial charge in [0.15, 0.2) is 0 Å². The Hall–Kier alpha value is -1.35. The van der Waals surface area contributed by atoms with E-state index in [-0.39, 0.29) is 5.91 Å². The van der Waals surface area contributed by atoms with Crippen LogP contribution in [-0.4, -0.2) is 28.7 Å². The monoisotopic (exact) mass is 233 g/mol. The minimum atomic E-state index is -0.678. The summed E-state index contributed by atoms with van der Waals surface area (Å²) >= 11 is 0. The van der Waals surface area contributed by atoms with Gasteiger partial charge in [0, 0.05) is 19.4 Å². The Bertz CT molecular complexity index is 364. The van der Waals surface area contributed by atoms with Crippen LogP contribution in [0.15, 0.2) is 30.3 Å². The van der Waals surface area contributed by atoms with Crippen LogP contribution in [0.25, 0.3) is 0 Å². The summed E-state index contributed by atoms with van der Waals surface area (Å²) in [5, 5.41) is 10.1. The van der Waals surface area contributed by atoms with Gasteiger partial charge < -0.3 is 10.0 Å². The largest absolute Gasteiger partial charge is 0.373 e. The Morgan fingerprint density at radius 1 is 1.18 bits per heavy atom. The maximum Gasteiger partial charge on any atom is 0.224 e. The first-order valence-corrected chi connectivity index (χ1v) is 6.29. The quantitative estimate of drug-likeness (QED) is 0.867. The van der Waals surface area contributed by atoms with E-state index in [1.807, 2.05) is 30.3 Å². The number of carbonyl (C=O) groups excluding carboxylic acids is 1. The van der Waals surface area contributed by atoms with Crippen LogP contribution in [0.2, 0.25) is 0 Å². The van der Waals surface area contributed by atoms with E-state index in [9.17, 15) is 9.90 Å². The Kier molecular flexibility index (Phi) is 4.15. The molecule has 0 aromatic heterocycles. The highest BCUT2D eigenvalue weighted by Crippen LogP contribution is 2.15. The third-order valence-electron chi connectivity index (χ3n) is 3.23. The minimum absolute atomic E-state index is 0.0888. The molecule has 1 N–H and O–H groups in total. The molecule has 1 atom stereocenters. The van der Waals surface area contributed by atoms with Crippen molar-refractivity contribution >= 4 is 5.91 Å². The van der Waals surface area contributed by atoms with Crippen LogP contribution < -0.4 is 0 Å². The lowest BCUT2D eigenvalue weighted by Crippen LogP contribution is -2.41. The summed E-state index contributed by atoms with van der Waals surface area (Å²) in [6.07, 6.45) is 3.45. The second-order valence-corrected chi connectivity index (χ2v) is 4.57. The SMILES string of the molecule is O=C1CCCCCN1[C@H](O)Cc1ccccc1. The van der Waals surface area contributed by atoms with Crippen molar-refractivity contribution in [2.24, 2.45) is 0 Å². The fourth-order valence-electron chi connectivity index (χ4n) is 2.25. The second-order valence-electron chi connectivity index (χ2n) is 4.57. The van der Waals surface area contributed by atoms with E-state index in [0.717, 1.165) is 24.8 Å². The second kappa shape index (κ2) is 5.82. The number of carbonyl (C=O) groups is 1. The van der Waals surface area contributed by atoms with Crippen molar-refractivity contribution in [3.63, 3.8) is 0 Å². The third-order valence-corrected chi connectivity index (χ3v) is 3.23. The van der Waals surface area contributed by atoms with Gasteiger partial charge in [0.25, 0.3) is 0 Å². The van der Waals surface area contributed by atoms with Crippen molar-refractivity contribution in [1.82, 2.24) is 4.90 Å². The summed E-state index contributed by atoms with van der Waals surface area (Å²) < 4.78 is 0. The van der Waals surface area contributed by atoms with Crippen LogP contribution in [0.4, 0.5) is 0 Å². The molecule has 3 heteroatoms. The molecule has 1 aromatic rings. The van der Waals surface area contributed by atoms with Crippen molar-refractivity contribution in [2.75, 3.05) is 6.54 Å². The number of amides is 1. The van der Waals surface area contributed by atoms with Gasteiger partial charge in [-0.15, -0.1) is 0 Å². The molecule has 1 amide bonds. The molecule has 0 bridgehead atoms. The molecule has 0 radical (unpaired) electrons. The molecule has 1 aliphatic heterocycles. The van der Waals surface area contributed by atoms with Gasteiger partial charge in [0.1, 0.15) is 6.23 Å². The number of nitrogens with zero attached hydrogens (tertiary/aromatic N) is 1. The van der Waals surface area contributed by atoms with Crippen molar-refractivity contribution < 1.29 is 9.90 Å². The molecule has 2 rings (SSSR count). The van der Waals surface area contributed by atoms with Gasteiger partial charge in [-0.1, -0.05) is 36.8 Å². The van der Waals surface area contributed by atoms with Crippen LogP contribution in [0.1, 0.15) is 31.2 Å². The lowest BCUT2D eigenvalue weighted by atomic mass is 10.1. The molecule has 1 aromatic carbocycles. The van der Waals surface area contributed by atoms with E-state index in [1.165, 1.54) is 0 Å². The minimum Gasteiger partial charge on any atom is -0.373 e. The van der Waals surface area contributed by atoms with E-state index in [2.05, 4.69) is 0 Å². The standard InChI is InChI=1S/C14H19NO2/c16-13-9-5-2-6-10-15(13)14(17)11-12-7-3-1-4-8-12/h1,3-4,7-8,14,17H,2,5-6,9-11H2/t14-/m1/s1. The number of aliphatic hydroxyl groups excluding tert-OH is 1. The number of hydrogen-bond acceptors (Lipinski definition) is 2. The lowest BCUT2D eigenvalue weighted by Gasteiger charge is -2.26. The first kappa shape index (κ1) is 12.1. The van der Waals surface area contributed by atoms with E-state index < -0.39 is 6.23 Å². The predicted molar refractivity (Wildman–Crippen MR) is 66.3 cm³/mol. The Balaban J connectivity index is 1.98. The molecule has 1 heterocycles. The zero-order valence-corrected chi connectivity index (χ0v) is 10.0. The van der Waals surface area contributed by atoms with Crippen LogP contribution in [-0.2, 0) is 11.2 Å². The lowest BCUT2D eigenvalue weighted by molar-refractivity contribution is -0.140. The highest BCUT2D eigenvalue weighted by atomic mass is 16.3. The first-order chi connectivity index (χ1) is 8.27. The highest BCUT2D eigenvalue weighted by Gasteiger charge is 2.23. The molecule has 1 saturated heterocycles. The van der Waals surface area contributed by atoms with Crippen molar-refractivity contribution in [2.45, 2.75) is 38.3 Å². The number of aliphatic hydroxyl groups is 1. The Morgan fingerprint density at radius 3 is 2.71 bits per heavy atom. The van der Waals surface area contributed by atoms with Crippen molar-refractivity contribution in [3.8, 4) is 0 Å². The summed E-state index contributed by atoms with van der Waals surface area (Å²) in [5.41, 5.74) is 1.07. The average Bonchev–Trinajstić information content (AvgIpc) is 2.55. The zero-order chi connectivity index (χ0) is 12.1. The average molecular weight is 233 g/mol. The summed E-state index contributed by atoms with van der Waals surface area (Å²) in [4.78, 5) is 13.4. The summed E-state index contributed by atoms with van der Waals surface area (Å²) in [6.45, 7) is 0.687. The van der Waals surface area contributed by atoms with E-state index in [1.54, 1.807) is 4.90 Å². The predicted octanol–water partition coefficient (Wildman–Crippen LogP) is 1.95. The van der Waals surface area contributed by atoms with Crippen LogP contribution in [0.5, 0.6) is 0 Å². The molecule has 0 saturated carbocycles. The normalized spacial score (nSPS) is 18.9. The highest BCUT2D eigenvalue weighted by molar-refractivity contribution is 5.76. The molecule has 1 fully saturated rings. The molecular weight excluding hydrogens is 214 g/mol. The smallest absolute Gasteiger partial charge is 0.224 e. The molecule has 0 unspecified atom stereocenters. The molecule has 0 spiro atoms. The van der Waals surface area contributed by atoms with Crippen molar-refractivity contribution in [1.29, 1.82) is 0 Å². The summed E-state index contributed by atoms with van der Waals surface area (Å²) in [6, 6.07) is 9.81. The number of rotatable bonds is 3. The number of hydrogen-bond donors (Lipinski definition) is 1. The van der Waals surface area contributed by atoms with Crippen LogP contribution in [0, 0.1) is 0 Å². The van der Waals surface area contributed by atoms with Gasteiger partial charge in [-0.05, 0) is 18.4 Å². The Morgan fingerprint density at radius 2 is 1.94 bits per heavy atom. The van der Waals surface area contributed by atoms with Crippen LogP contribution >= 0.6 is 0 Å². The molecule has 0 aliphatic carbocycles. The van der Waals surface area contributed by atoms with Gasteiger partial charge in [0.2, 0.25) is 5.91 Å². The molecule has 3 nitrogen and oxygen atoms in total. The summed E-state index contributed by atoms with van der Waals surface area (Å²) in [7, 11) is 0. The van der Waals surface area contributed by atoms with Crippen molar-refractivity contribution in [3.05, 3.63) is 35.9 Å². The van der Waals surface area contributed by atoms with Gasteiger partial charge in [-0.25, -0.2) is 0 Å². The first-order valence-electron chi connectivity index (χ1n) is 6.29. The fraction of sp³-hybridized carbons (Fsp3) is 0.500. The maximum absolute atomic E-state index is 11.8. The fourth-order valence-corrected chi connectivity index (χ4v) is 2.25. The van der Waals surface area contributed by atoms with Gasteiger partial charge in [-0.3, -0.25) is 4.79 Å². The zero-order valence-electron chi connectivity index (χ0n) is 10.0. The van der Waals surface area contributed by atoms with E-state index >= 15 is 0 Å². The van der Waals surface area contributed by atoms with E-state index in [0.29, 0.717) is 19.4 Å². The van der Waals surface area contributed by atoms with E-state index in [4.69, 9.17) is 0 Å². The molecular formula is C14H19NO2. The molecule has 1 aliphatic rings. The molecule has 92 valence electrons. The van der Waals surface area contributed by atoms with Gasteiger partial charge in [0.05, 0.1) is 0 Å². The third kappa shape index (κ3) is 3.30. The van der Waals surface area contributed by atoms with Gasteiger partial charge >= 0.3 is 0 Å².